The molecule has 0 saturated carbocycles. The van der Waals surface area contributed by atoms with Gasteiger partial charge in [-0.3, -0.25) is 38.5 Å². The molecule has 2 heterocycles. The number of halogens is 2. The lowest BCUT2D eigenvalue weighted by Crippen LogP contribution is -2.57. The van der Waals surface area contributed by atoms with Crippen LogP contribution in [0.2, 0.25) is 0 Å². The van der Waals surface area contributed by atoms with Gasteiger partial charge in [0.05, 0.1) is 71.1 Å². The Labute approximate surface area is 454 Å². The summed E-state index contributed by atoms with van der Waals surface area (Å²) in [6.45, 7) is 14.0. The van der Waals surface area contributed by atoms with Crippen LogP contribution in [0.5, 0.6) is 0 Å². The van der Waals surface area contributed by atoms with Gasteiger partial charge in [-0.1, -0.05) is 65.0 Å². The van der Waals surface area contributed by atoms with Crippen LogP contribution in [-0.4, -0.2) is 152 Å². The van der Waals surface area contributed by atoms with Crippen molar-refractivity contribution in [2.45, 2.75) is 79.4 Å². The van der Waals surface area contributed by atoms with Gasteiger partial charge in [-0.2, -0.15) is 0 Å². The molecule has 1 fully saturated rings. The molecule has 1 aliphatic heterocycles. The van der Waals surface area contributed by atoms with Gasteiger partial charge in [0.15, 0.2) is 0 Å². The number of nitrogens with two attached hydrogens (primary N) is 1. The van der Waals surface area contributed by atoms with E-state index in [4.69, 9.17) is 29.7 Å². The van der Waals surface area contributed by atoms with E-state index in [0.717, 1.165) is 28.7 Å². The number of hydrogen-bond acceptors (Lipinski definition) is 13. The number of nitrogens with zero attached hydrogens (tertiary/aromatic N) is 4. The minimum Gasteiger partial charge on any atom is -0.379 e. The van der Waals surface area contributed by atoms with Crippen LogP contribution in [0.1, 0.15) is 88.6 Å². The van der Waals surface area contributed by atoms with Gasteiger partial charge in [0, 0.05) is 62.0 Å². The number of aromatic nitrogens is 2. The smallest absolute Gasteiger partial charge is 0.254 e. The zero-order valence-corrected chi connectivity index (χ0v) is 45.4. The van der Waals surface area contributed by atoms with E-state index in [0.29, 0.717) is 63.0 Å². The van der Waals surface area contributed by atoms with Crippen molar-refractivity contribution in [2.75, 3.05) is 90.9 Å². The van der Waals surface area contributed by atoms with E-state index in [1.807, 2.05) is 55.7 Å². The first-order valence-corrected chi connectivity index (χ1v) is 26.3. The standard InChI is InChI=1S/C56H75F2N9O11/c1-37(2)49(64-47(69)20-25-75-27-29-77-31-32-78-30-28-76-26-22-60-46(68)19-24-67-53(72)38(3)54(67)73)52(71)61-34-48(70)62-42-16-13-40(14-17-42)55(74)66(23-10-21-59)50(56(4,5)6)51-63-45(43-33-41(57)15-18-44(43)58)36-65(51)35-39-11-8-7-9-12-39/h7-9,11-18,33,36-38,49-50H,10,19-32,34-35,59H2,1-6H3,(H,60,68)(H,61,71)(H,62,70)(H,64,69). The van der Waals surface area contributed by atoms with Crippen LogP contribution in [0.3, 0.4) is 0 Å². The molecule has 2 atom stereocenters. The van der Waals surface area contributed by atoms with Gasteiger partial charge in [-0.15, -0.1) is 0 Å². The lowest BCUT2D eigenvalue weighted by Gasteiger charge is -2.40. The van der Waals surface area contributed by atoms with E-state index in [1.165, 1.54) is 0 Å². The summed E-state index contributed by atoms with van der Waals surface area (Å²) in [5.74, 6) is -4.35. The molecule has 7 amide bonds. The Hall–Kier alpha value is -6.98. The second-order valence-electron chi connectivity index (χ2n) is 20.1. The SMILES string of the molecule is CC1C(=O)N(CCC(=O)NCCOCCOCCOCCOCCC(=O)NC(C(=O)NCC(=O)Nc2ccc(C(=O)N(CCCN)C(c3nc(-c4cc(F)ccc4F)cn3Cc3ccccc3)C(C)(C)C)cc2)C(C)C)C1=O. The fourth-order valence-corrected chi connectivity index (χ4v) is 8.43. The molecule has 78 heavy (non-hydrogen) atoms. The third-order valence-electron chi connectivity index (χ3n) is 12.5. The molecule has 1 aromatic heterocycles. The van der Waals surface area contributed by atoms with E-state index in [-0.39, 0.29) is 99.7 Å². The van der Waals surface area contributed by atoms with E-state index in [9.17, 15) is 38.0 Å². The molecule has 1 saturated heterocycles. The van der Waals surface area contributed by atoms with Gasteiger partial charge >= 0.3 is 0 Å². The summed E-state index contributed by atoms with van der Waals surface area (Å²) < 4.78 is 53.4. The molecule has 0 radical (unpaired) electrons. The molecule has 3 aromatic carbocycles. The third-order valence-corrected chi connectivity index (χ3v) is 12.5. The van der Waals surface area contributed by atoms with Crippen molar-refractivity contribution in [3.8, 4) is 11.3 Å². The summed E-state index contributed by atoms with van der Waals surface area (Å²) in [5, 5.41) is 10.7. The Morgan fingerprint density at radius 3 is 2.03 bits per heavy atom. The van der Waals surface area contributed by atoms with Crippen LogP contribution in [0.4, 0.5) is 14.5 Å². The van der Waals surface area contributed by atoms with E-state index < -0.39 is 59.3 Å². The molecule has 424 valence electrons. The van der Waals surface area contributed by atoms with E-state index >= 15 is 4.39 Å². The number of carbonyl (C=O) groups excluding carboxylic acids is 7. The van der Waals surface area contributed by atoms with Crippen LogP contribution in [-0.2, 0) is 54.3 Å². The van der Waals surface area contributed by atoms with Gasteiger partial charge in [-0.25, -0.2) is 13.8 Å². The molecule has 0 aliphatic carbocycles. The van der Waals surface area contributed by atoms with Gasteiger partial charge < -0.3 is 55.4 Å². The fourth-order valence-electron chi connectivity index (χ4n) is 8.43. The quantitative estimate of drug-likeness (QED) is 0.0249. The van der Waals surface area contributed by atoms with Crippen molar-refractivity contribution >= 4 is 47.0 Å². The third kappa shape index (κ3) is 18.9. The first-order valence-electron chi connectivity index (χ1n) is 26.3. The number of imide groups is 1. The van der Waals surface area contributed by atoms with Crippen LogP contribution in [0.25, 0.3) is 11.3 Å². The minimum atomic E-state index is -0.924. The number of anilines is 1. The summed E-state index contributed by atoms with van der Waals surface area (Å²) >= 11 is 0. The minimum absolute atomic E-state index is 0.00957. The number of rotatable bonds is 33. The number of benzene rings is 3. The molecule has 20 nitrogen and oxygen atoms in total. The molecular formula is C56H75F2N9O11. The molecule has 4 aromatic rings. The highest BCUT2D eigenvalue weighted by Gasteiger charge is 2.43. The fraction of sp³-hybridized carbons (Fsp3) is 0.500. The predicted molar refractivity (Wildman–Crippen MR) is 286 cm³/mol. The Morgan fingerprint density at radius 2 is 1.41 bits per heavy atom. The lowest BCUT2D eigenvalue weighted by atomic mass is 9.84. The van der Waals surface area contributed by atoms with Gasteiger partial charge in [0.1, 0.15) is 29.4 Å². The van der Waals surface area contributed by atoms with Crippen molar-refractivity contribution in [3.63, 3.8) is 0 Å². The van der Waals surface area contributed by atoms with Crippen LogP contribution < -0.4 is 27.0 Å². The van der Waals surface area contributed by atoms with Gasteiger partial charge in [0.25, 0.3) is 5.91 Å². The molecule has 0 spiro atoms. The Bertz CT molecular complexity index is 2610. The van der Waals surface area contributed by atoms with Gasteiger partial charge in [-0.05, 0) is 79.3 Å². The van der Waals surface area contributed by atoms with Crippen molar-refractivity contribution in [1.82, 2.24) is 35.3 Å². The highest BCUT2D eigenvalue weighted by Crippen LogP contribution is 2.40. The monoisotopic (exact) mass is 1090 g/mol. The highest BCUT2D eigenvalue weighted by atomic mass is 19.1. The van der Waals surface area contributed by atoms with Crippen LogP contribution in [0.15, 0.2) is 79.0 Å². The number of imidazole rings is 1. The normalized spacial score (nSPS) is 13.5. The molecule has 2 unspecified atom stereocenters. The Kier molecular flexibility index (Phi) is 24.5. The van der Waals surface area contributed by atoms with E-state index in [2.05, 4.69) is 21.3 Å². The van der Waals surface area contributed by atoms with Crippen molar-refractivity contribution in [1.29, 1.82) is 0 Å². The summed E-state index contributed by atoms with van der Waals surface area (Å²) in [4.78, 5) is 96.5. The summed E-state index contributed by atoms with van der Waals surface area (Å²) in [6, 6.07) is 17.5. The topological polar surface area (TPSA) is 255 Å². The van der Waals surface area contributed by atoms with Gasteiger partial charge in [0.2, 0.25) is 35.4 Å². The maximum atomic E-state index is 15.2. The molecular weight excluding hydrogens is 1010 g/mol. The summed E-state index contributed by atoms with van der Waals surface area (Å²) in [6.07, 6.45) is 2.16. The lowest BCUT2D eigenvalue weighted by molar-refractivity contribution is -0.164. The Balaban J connectivity index is 1.02. The van der Waals surface area contributed by atoms with Crippen LogP contribution >= 0.6 is 0 Å². The second-order valence-corrected chi connectivity index (χ2v) is 20.1. The summed E-state index contributed by atoms with van der Waals surface area (Å²) in [7, 11) is 0. The number of β-lactam (4-membered cyclic amide) rings is 2. The highest BCUT2D eigenvalue weighted by molar-refractivity contribution is 6.17. The zero-order chi connectivity index (χ0) is 56.8. The summed E-state index contributed by atoms with van der Waals surface area (Å²) in [5.41, 5.74) is 7.19. The molecule has 22 heteroatoms. The maximum Gasteiger partial charge on any atom is 0.254 e. The van der Waals surface area contributed by atoms with Crippen LogP contribution in [0, 0.1) is 28.9 Å². The van der Waals surface area contributed by atoms with Crippen molar-refractivity contribution in [2.24, 2.45) is 23.0 Å². The number of ether oxygens (including phenoxy) is 4. The average Bonchev–Trinajstić information content (AvgIpc) is 3.81. The Morgan fingerprint density at radius 1 is 0.782 bits per heavy atom. The molecule has 5 rings (SSSR count). The number of likely N-dealkylation sites (tertiary alicyclic amines) is 1. The number of amides is 7. The second kappa shape index (κ2) is 30.8. The zero-order valence-electron chi connectivity index (χ0n) is 45.4. The number of carbonyl (C=O) groups is 7. The first-order chi connectivity index (χ1) is 37.3. The first kappa shape index (κ1) is 61.9. The average molecular weight is 1090 g/mol. The largest absolute Gasteiger partial charge is 0.379 e. The maximum absolute atomic E-state index is 15.2. The van der Waals surface area contributed by atoms with E-state index in [1.54, 1.807) is 56.1 Å². The molecule has 1 aliphatic rings. The molecule has 6 N–H and O–H groups in total. The van der Waals surface area contributed by atoms with Crippen molar-refractivity contribution in [3.05, 3.63) is 108 Å². The number of hydrogen-bond donors (Lipinski definition) is 5. The van der Waals surface area contributed by atoms with Crippen molar-refractivity contribution < 1.29 is 61.3 Å². The number of nitrogens with one attached hydrogen (secondary N) is 4. The molecule has 0 bridgehead atoms. The predicted octanol–water partition coefficient (Wildman–Crippen LogP) is 4.62.